The largest absolute Gasteiger partial charge is 0.496 e. The summed E-state index contributed by atoms with van der Waals surface area (Å²) in [6.45, 7) is 4.33. The number of benzene rings is 1. The Labute approximate surface area is 192 Å². The molecule has 2 aliphatic carbocycles. The van der Waals surface area contributed by atoms with Crippen molar-refractivity contribution in [2.75, 3.05) is 33.3 Å². The van der Waals surface area contributed by atoms with Gasteiger partial charge in [0, 0.05) is 37.8 Å². The minimum atomic E-state index is 0.0246. The van der Waals surface area contributed by atoms with Gasteiger partial charge in [0.15, 0.2) is 5.82 Å². The molecule has 1 saturated heterocycles. The maximum atomic E-state index is 5.80. The molecule has 3 fully saturated rings. The molecule has 1 aliphatic heterocycles. The van der Waals surface area contributed by atoms with Gasteiger partial charge in [-0.05, 0) is 42.2 Å². The number of tetrazole rings is 1. The molecule has 1 aromatic heterocycles. The van der Waals surface area contributed by atoms with Gasteiger partial charge in [0.2, 0.25) is 0 Å². The summed E-state index contributed by atoms with van der Waals surface area (Å²) in [5.41, 5.74) is 1.17. The van der Waals surface area contributed by atoms with Crippen LogP contribution in [-0.2, 0) is 0 Å². The minimum absolute atomic E-state index is 0.0246. The molecule has 2 saturated carbocycles. The zero-order valence-corrected chi connectivity index (χ0v) is 19.5. The third-order valence-electron chi connectivity index (χ3n) is 7.92. The highest BCUT2D eigenvalue weighted by atomic mass is 16.5. The van der Waals surface area contributed by atoms with E-state index in [1.165, 1.54) is 69.8 Å². The molecule has 0 spiro atoms. The minimum Gasteiger partial charge on any atom is -0.496 e. The van der Waals surface area contributed by atoms with E-state index in [0.29, 0.717) is 6.04 Å². The molecule has 0 bridgehead atoms. The van der Waals surface area contributed by atoms with Gasteiger partial charge >= 0.3 is 0 Å². The summed E-state index contributed by atoms with van der Waals surface area (Å²) < 4.78 is 7.94. The first-order chi connectivity index (χ1) is 15.8. The molecule has 0 unspecified atom stereocenters. The molecule has 0 N–H and O–H groups in total. The number of ether oxygens (including phenoxy) is 1. The Kier molecular flexibility index (Phi) is 7.03. The zero-order chi connectivity index (χ0) is 21.8. The van der Waals surface area contributed by atoms with Crippen molar-refractivity contribution in [3.8, 4) is 5.75 Å². The first-order valence-electron chi connectivity index (χ1n) is 12.7. The van der Waals surface area contributed by atoms with Gasteiger partial charge < -0.3 is 4.74 Å². The van der Waals surface area contributed by atoms with Crippen LogP contribution in [0.1, 0.15) is 87.7 Å². The second-order valence-electron chi connectivity index (χ2n) is 9.78. The highest BCUT2D eigenvalue weighted by Gasteiger charge is 2.35. The van der Waals surface area contributed by atoms with E-state index in [9.17, 15) is 0 Å². The molecule has 3 aliphatic rings. The second kappa shape index (κ2) is 10.3. The van der Waals surface area contributed by atoms with Crippen LogP contribution in [0.25, 0.3) is 0 Å². The predicted octanol–water partition coefficient (Wildman–Crippen LogP) is 4.23. The van der Waals surface area contributed by atoms with Crippen molar-refractivity contribution in [3.63, 3.8) is 0 Å². The maximum absolute atomic E-state index is 5.80. The predicted molar refractivity (Wildman–Crippen MR) is 125 cm³/mol. The average Bonchev–Trinajstić information content (AvgIpc) is 3.35. The highest BCUT2D eigenvalue weighted by molar-refractivity contribution is 5.39. The molecule has 1 aromatic carbocycles. The summed E-state index contributed by atoms with van der Waals surface area (Å²) in [7, 11) is 1.76. The number of piperazine rings is 1. The Morgan fingerprint density at radius 1 is 0.844 bits per heavy atom. The van der Waals surface area contributed by atoms with Crippen molar-refractivity contribution < 1.29 is 4.74 Å². The molecule has 1 atom stereocenters. The maximum Gasteiger partial charge on any atom is 0.173 e. The summed E-state index contributed by atoms with van der Waals surface area (Å²) in [4.78, 5) is 5.32. The fraction of sp³-hybridized carbons (Fsp3) is 0.720. The monoisotopic (exact) mass is 438 g/mol. The number of aromatic nitrogens is 4. The van der Waals surface area contributed by atoms with Crippen molar-refractivity contribution >= 4 is 0 Å². The van der Waals surface area contributed by atoms with Crippen molar-refractivity contribution in [1.82, 2.24) is 30.0 Å². The van der Waals surface area contributed by atoms with Gasteiger partial charge in [-0.15, -0.1) is 5.10 Å². The first-order valence-corrected chi connectivity index (χ1v) is 12.7. The zero-order valence-electron chi connectivity index (χ0n) is 19.5. The summed E-state index contributed by atoms with van der Waals surface area (Å²) in [5.74, 6) is 1.90. The van der Waals surface area contributed by atoms with Crippen LogP contribution in [-0.4, -0.2) is 69.3 Å². The molecule has 174 valence electrons. The number of hydrogen-bond donors (Lipinski definition) is 0. The number of para-hydroxylation sites is 1. The van der Waals surface area contributed by atoms with Crippen molar-refractivity contribution in [3.05, 3.63) is 35.7 Å². The standard InChI is InChI=1S/C25H38N6O/c1-32-23-15-9-8-14-22(23)24(25-26-27-28-31(25)21-12-6-3-7-13-21)30-18-16-29(17-19-30)20-10-4-2-5-11-20/h8-9,14-15,20-21,24H,2-7,10-13,16-19H2,1H3/t24-/m1/s1. The van der Waals surface area contributed by atoms with E-state index in [1.807, 2.05) is 6.07 Å². The van der Waals surface area contributed by atoms with E-state index in [4.69, 9.17) is 4.74 Å². The molecule has 7 nitrogen and oxygen atoms in total. The van der Waals surface area contributed by atoms with Crippen LogP contribution >= 0.6 is 0 Å². The number of methoxy groups -OCH3 is 1. The van der Waals surface area contributed by atoms with Gasteiger partial charge in [0.1, 0.15) is 11.8 Å². The molecule has 32 heavy (non-hydrogen) atoms. The Morgan fingerprint density at radius 2 is 1.50 bits per heavy atom. The fourth-order valence-electron chi connectivity index (χ4n) is 6.16. The van der Waals surface area contributed by atoms with E-state index in [2.05, 4.69) is 48.2 Å². The van der Waals surface area contributed by atoms with Gasteiger partial charge in [-0.25, -0.2) is 4.68 Å². The van der Waals surface area contributed by atoms with E-state index < -0.39 is 0 Å². The van der Waals surface area contributed by atoms with Crippen LogP contribution in [0.2, 0.25) is 0 Å². The van der Waals surface area contributed by atoms with Crippen molar-refractivity contribution in [1.29, 1.82) is 0 Å². The topological polar surface area (TPSA) is 59.3 Å². The lowest BCUT2D eigenvalue weighted by Gasteiger charge is -2.43. The molecular weight excluding hydrogens is 400 g/mol. The third kappa shape index (κ3) is 4.55. The number of hydrogen-bond acceptors (Lipinski definition) is 6. The molecule has 5 rings (SSSR count). The van der Waals surface area contributed by atoms with Crippen LogP contribution in [0.4, 0.5) is 0 Å². The molecule has 0 radical (unpaired) electrons. The SMILES string of the molecule is COc1ccccc1[C@H](c1nnnn1C1CCCCC1)N1CCN(C2CCCCC2)CC1. The molecule has 2 aromatic rings. The summed E-state index contributed by atoms with van der Waals surface area (Å²) in [6.07, 6.45) is 13.1. The van der Waals surface area contributed by atoms with E-state index in [0.717, 1.165) is 43.8 Å². The van der Waals surface area contributed by atoms with E-state index >= 15 is 0 Å². The van der Waals surface area contributed by atoms with Crippen LogP contribution in [0.5, 0.6) is 5.75 Å². The van der Waals surface area contributed by atoms with Crippen LogP contribution in [0.15, 0.2) is 24.3 Å². The summed E-state index contributed by atoms with van der Waals surface area (Å²) in [6, 6.07) is 9.63. The van der Waals surface area contributed by atoms with Crippen molar-refractivity contribution in [2.45, 2.75) is 82.3 Å². The normalized spacial score (nSPS) is 23.3. The highest BCUT2D eigenvalue weighted by Crippen LogP contribution is 2.37. The third-order valence-corrected chi connectivity index (χ3v) is 7.92. The van der Waals surface area contributed by atoms with Gasteiger partial charge in [0.05, 0.1) is 13.2 Å². The lowest BCUT2D eigenvalue weighted by atomic mass is 9.93. The van der Waals surface area contributed by atoms with Gasteiger partial charge in [-0.1, -0.05) is 56.7 Å². The fourth-order valence-corrected chi connectivity index (χ4v) is 6.16. The van der Waals surface area contributed by atoms with Gasteiger partial charge in [0.25, 0.3) is 0 Å². The van der Waals surface area contributed by atoms with Crippen LogP contribution in [0.3, 0.4) is 0 Å². The van der Waals surface area contributed by atoms with Gasteiger partial charge in [-0.2, -0.15) is 0 Å². The Balaban J connectivity index is 1.42. The molecule has 0 amide bonds. The number of nitrogens with zero attached hydrogens (tertiary/aromatic N) is 6. The molecular formula is C25H38N6O. The average molecular weight is 439 g/mol. The first kappa shape index (κ1) is 21.8. The van der Waals surface area contributed by atoms with E-state index in [-0.39, 0.29) is 6.04 Å². The van der Waals surface area contributed by atoms with Crippen molar-refractivity contribution in [2.24, 2.45) is 0 Å². The van der Waals surface area contributed by atoms with Crippen LogP contribution < -0.4 is 4.74 Å². The molecule has 2 heterocycles. The molecule has 7 heteroatoms. The lowest BCUT2D eigenvalue weighted by Crippen LogP contribution is -2.52. The quantitative estimate of drug-likeness (QED) is 0.673. The Morgan fingerprint density at radius 3 is 2.19 bits per heavy atom. The van der Waals surface area contributed by atoms with E-state index in [1.54, 1.807) is 7.11 Å². The second-order valence-corrected chi connectivity index (χ2v) is 9.78. The van der Waals surface area contributed by atoms with Crippen LogP contribution in [0, 0.1) is 0 Å². The Bertz CT molecular complexity index is 850. The number of rotatable bonds is 6. The Hall–Kier alpha value is -1.99. The lowest BCUT2D eigenvalue weighted by molar-refractivity contribution is 0.0607. The summed E-state index contributed by atoms with van der Waals surface area (Å²) >= 11 is 0. The summed E-state index contributed by atoms with van der Waals surface area (Å²) in [5, 5.41) is 13.3. The van der Waals surface area contributed by atoms with Gasteiger partial charge in [-0.3, -0.25) is 9.80 Å². The smallest absolute Gasteiger partial charge is 0.173 e.